The van der Waals surface area contributed by atoms with Crippen LogP contribution < -0.4 is 10.1 Å². The maximum absolute atomic E-state index is 11.9. The molecule has 6 nitrogen and oxygen atoms in total. The van der Waals surface area contributed by atoms with Crippen LogP contribution in [0.5, 0.6) is 6.01 Å². The summed E-state index contributed by atoms with van der Waals surface area (Å²) in [5.41, 5.74) is 1.43. The van der Waals surface area contributed by atoms with Crippen molar-refractivity contribution >= 4 is 16.9 Å². The molecule has 32 heavy (non-hydrogen) atoms. The molecule has 4 rings (SSSR count). The Balaban J connectivity index is 1.30. The highest BCUT2D eigenvalue weighted by atomic mass is 16.6. The molecule has 1 N–H and O–H groups in total. The van der Waals surface area contributed by atoms with Crippen molar-refractivity contribution in [3.05, 3.63) is 54.7 Å². The van der Waals surface area contributed by atoms with E-state index in [1.54, 1.807) is 6.20 Å². The van der Waals surface area contributed by atoms with Gasteiger partial charge in [-0.25, -0.2) is 9.78 Å². The summed E-state index contributed by atoms with van der Waals surface area (Å²) in [4.78, 5) is 20.8. The molecule has 0 aliphatic heterocycles. The van der Waals surface area contributed by atoms with Crippen LogP contribution in [-0.2, 0) is 4.74 Å². The predicted molar refractivity (Wildman–Crippen MR) is 126 cm³/mol. The summed E-state index contributed by atoms with van der Waals surface area (Å²) in [6.45, 7) is 6.24. The Morgan fingerprint density at radius 3 is 2.53 bits per heavy atom. The molecule has 3 aromatic rings. The fourth-order valence-electron chi connectivity index (χ4n) is 4.05. The van der Waals surface area contributed by atoms with Gasteiger partial charge in [0.1, 0.15) is 11.7 Å². The first kappa shape index (κ1) is 22.1. The van der Waals surface area contributed by atoms with Crippen molar-refractivity contribution in [2.24, 2.45) is 5.92 Å². The molecular formula is C26H31N3O3. The van der Waals surface area contributed by atoms with Gasteiger partial charge in [0.2, 0.25) is 0 Å². The molecule has 6 heteroatoms. The summed E-state index contributed by atoms with van der Waals surface area (Å²) in [6, 6.07) is 17.0. The highest BCUT2D eigenvalue weighted by molar-refractivity contribution is 5.86. The van der Waals surface area contributed by atoms with Crippen LogP contribution in [0, 0.1) is 5.92 Å². The van der Waals surface area contributed by atoms with Gasteiger partial charge in [-0.1, -0.05) is 36.4 Å². The summed E-state index contributed by atoms with van der Waals surface area (Å²) in [7, 11) is 0. The summed E-state index contributed by atoms with van der Waals surface area (Å²) in [5, 5.41) is 5.28. The van der Waals surface area contributed by atoms with Crippen molar-refractivity contribution < 1.29 is 14.3 Å². The monoisotopic (exact) mass is 433 g/mol. The number of fused-ring (bicyclic) bond motifs is 1. The fourth-order valence-corrected chi connectivity index (χ4v) is 4.05. The summed E-state index contributed by atoms with van der Waals surface area (Å²) < 4.78 is 11.4. The normalized spacial score (nSPS) is 18.8. The Bertz CT molecular complexity index is 1070. The van der Waals surface area contributed by atoms with Crippen LogP contribution >= 0.6 is 0 Å². The van der Waals surface area contributed by atoms with Gasteiger partial charge in [0.15, 0.2) is 0 Å². The summed E-state index contributed by atoms with van der Waals surface area (Å²) >= 11 is 0. The lowest BCUT2D eigenvalue weighted by Gasteiger charge is -2.28. The van der Waals surface area contributed by atoms with Crippen LogP contribution in [0.25, 0.3) is 22.0 Å². The molecule has 0 bridgehead atoms. The second kappa shape index (κ2) is 9.55. The van der Waals surface area contributed by atoms with Crippen LogP contribution in [-0.4, -0.2) is 34.3 Å². The van der Waals surface area contributed by atoms with Gasteiger partial charge < -0.3 is 14.8 Å². The van der Waals surface area contributed by atoms with Gasteiger partial charge in [0, 0.05) is 18.3 Å². The number of benzene rings is 2. The molecule has 1 aliphatic rings. The van der Waals surface area contributed by atoms with Crippen molar-refractivity contribution in [3.63, 3.8) is 0 Å². The molecular weight excluding hydrogens is 402 g/mol. The molecule has 0 saturated heterocycles. The lowest BCUT2D eigenvalue weighted by molar-refractivity contribution is 0.0507. The SMILES string of the molecule is CC(C)(C)OC(=O)NC[C@H]1CC[C@H](Oc2nccc(-c3ccc4ccccc4c3)n2)CC1. The van der Waals surface area contributed by atoms with E-state index in [1.165, 1.54) is 10.8 Å². The first-order valence-electron chi connectivity index (χ1n) is 11.3. The van der Waals surface area contributed by atoms with E-state index in [1.807, 2.05) is 39.0 Å². The van der Waals surface area contributed by atoms with Gasteiger partial charge in [-0.2, -0.15) is 4.98 Å². The van der Waals surface area contributed by atoms with E-state index in [0.717, 1.165) is 36.9 Å². The summed E-state index contributed by atoms with van der Waals surface area (Å²) in [5.74, 6) is 0.437. The molecule has 0 atom stereocenters. The molecule has 0 spiro atoms. The smallest absolute Gasteiger partial charge is 0.407 e. The Kier molecular flexibility index (Phi) is 6.58. The largest absolute Gasteiger partial charge is 0.460 e. The highest BCUT2D eigenvalue weighted by Gasteiger charge is 2.24. The third-order valence-electron chi connectivity index (χ3n) is 5.68. The summed E-state index contributed by atoms with van der Waals surface area (Å²) in [6.07, 6.45) is 5.32. The molecule has 1 saturated carbocycles. The third-order valence-corrected chi connectivity index (χ3v) is 5.68. The number of hydrogen-bond donors (Lipinski definition) is 1. The molecule has 0 radical (unpaired) electrons. The van der Waals surface area contributed by atoms with Crippen molar-refractivity contribution in [1.29, 1.82) is 0 Å². The molecule has 1 amide bonds. The minimum atomic E-state index is -0.475. The maximum atomic E-state index is 11.9. The number of nitrogens with zero attached hydrogens (tertiary/aromatic N) is 2. The Morgan fingerprint density at radius 2 is 1.78 bits per heavy atom. The molecule has 1 aromatic heterocycles. The molecule has 168 valence electrons. The van der Waals surface area contributed by atoms with Gasteiger partial charge in [-0.3, -0.25) is 0 Å². The second-order valence-corrected chi connectivity index (χ2v) is 9.43. The predicted octanol–water partition coefficient (Wildman–Crippen LogP) is 5.76. The minimum absolute atomic E-state index is 0.0969. The van der Waals surface area contributed by atoms with Crippen LogP contribution in [0.1, 0.15) is 46.5 Å². The van der Waals surface area contributed by atoms with Crippen molar-refractivity contribution in [1.82, 2.24) is 15.3 Å². The van der Waals surface area contributed by atoms with Gasteiger partial charge in [0.05, 0.1) is 5.69 Å². The second-order valence-electron chi connectivity index (χ2n) is 9.43. The van der Waals surface area contributed by atoms with Crippen LogP contribution in [0.4, 0.5) is 4.79 Å². The van der Waals surface area contributed by atoms with Gasteiger partial charge in [0.25, 0.3) is 0 Å². The average Bonchev–Trinajstić information content (AvgIpc) is 2.77. The zero-order valence-electron chi connectivity index (χ0n) is 19.0. The van der Waals surface area contributed by atoms with Crippen LogP contribution in [0.3, 0.4) is 0 Å². The zero-order valence-corrected chi connectivity index (χ0v) is 19.0. The van der Waals surface area contributed by atoms with E-state index in [0.29, 0.717) is 18.5 Å². The maximum Gasteiger partial charge on any atom is 0.407 e. The van der Waals surface area contributed by atoms with Gasteiger partial charge >= 0.3 is 12.1 Å². The third kappa shape index (κ3) is 5.96. The Morgan fingerprint density at radius 1 is 1.03 bits per heavy atom. The number of ether oxygens (including phenoxy) is 2. The first-order chi connectivity index (χ1) is 15.4. The van der Waals surface area contributed by atoms with Crippen LogP contribution in [0.2, 0.25) is 0 Å². The van der Waals surface area contributed by atoms with Gasteiger partial charge in [-0.05, 0) is 75.3 Å². The number of carbonyl (C=O) groups excluding carboxylic acids is 1. The quantitative estimate of drug-likeness (QED) is 0.554. The number of carbonyl (C=O) groups is 1. The zero-order chi connectivity index (χ0) is 22.6. The van der Waals surface area contributed by atoms with E-state index in [-0.39, 0.29) is 12.2 Å². The number of aromatic nitrogens is 2. The standard InChI is InChI=1S/C26H31N3O3/c1-26(2,3)32-25(30)28-17-18-8-12-22(13-9-18)31-24-27-15-14-23(29-24)21-11-10-19-6-4-5-7-20(19)16-21/h4-7,10-11,14-16,18,22H,8-9,12-13,17H2,1-3H3,(H,28,30)/t18-,22-. The first-order valence-corrected chi connectivity index (χ1v) is 11.3. The van der Waals surface area contributed by atoms with E-state index in [2.05, 4.69) is 45.6 Å². The van der Waals surface area contributed by atoms with E-state index < -0.39 is 5.60 Å². The Hall–Kier alpha value is -3.15. The highest BCUT2D eigenvalue weighted by Crippen LogP contribution is 2.28. The number of rotatable bonds is 5. The molecule has 2 aromatic carbocycles. The molecule has 1 heterocycles. The molecule has 1 fully saturated rings. The van der Waals surface area contributed by atoms with E-state index in [9.17, 15) is 4.79 Å². The van der Waals surface area contributed by atoms with Crippen LogP contribution in [0.15, 0.2) is 54.7 Å². The van der Waals surface area contributed by atoms with E-state index >= 15 is 0 Å². The van der Waals surface area contributed by atoms with Gasteiger partial charge in [-0.15, -0.1) is 0 Å². The van der Waals surface area contributed by atoms with Crippen molar-refractivity contribution in [2.75, 3.05) is 6.54 Å². The fraction of sp³-hybridized carbons (Fsp3) is 0.423. The lowest BCUT2D eigenvalue weighted by Crippen LogP contribution is -2.37. The number of alkyl carbamates (subject to hydrolysis) is 1. The topological polar surface area (TPSA) is 73.3 Å². The average molecular weight is 434 g/mol. The lowest BCUT2D eigenvalue weighted by atomic mass is 9.87. The van der Waals surface area contributed by atoms with Crippen molar-refractivity contribution in [2.45, 2.75) is 58.2 Å². The number of amides is 1. The van der Waals surface area contributed by atoms with Crippen molar-refractivity contribution in [3.8, 4) is 17.3 Å². The Labute approximate surface area is 189 Å². The number of nitrogens with one attached hydrogen (secondary N) is 1. The molecule has 1 aliphatic carbocycles. The molecule has 0 unspecified atom stereocenters. The minimum Gasteiger partial charge on any atom is -0.460 e. The van der Waals surface area contributed by atoms with E-state index in [4.69, 9.17) is 9.47 Å². The number of hydrogen-bond acceptors (Lipinski definition) is 5.